The fraction of sp³-hybridized carbons (Fsp3) is 0.286. The Kier molecular flexibility index (Phi) is 5.39. The van der Waals surface area contributed by atoms with Crippen LogP contribution < -0.4 is 4.74 Å². The fourth-order valence-corrected chi connectivity index (χ4v) is 2.97. The van der Waals surface area contributed by atoms with Gasteiger partial charge in [-0.1, -0.05) is 48.5 Å². The van der Waals surface area contributed by atoms with Gasteiger partial charge in [0.15, 0.2) is 0 Å². The Balaban J connectivity index is 1.88. The topological polar surface area (TPSA) is 38.8 Å². The van der Waals surface area contributed by atoms with Crippen molar-refractivity contribution in [3.05, 3.63) is 71.3 Å². The molecule has 3 rings (SSSR count). The molecule has 0 N–H and O–H groups in total. The average Bonchev–Trinajstić information content (AvgIpc) is 2.79. The van der Waals surface area contributed by atoms with E-state index in [4.69, 9.17) is 9.47 Å². The van der Waals surface area contributed by atoms with E-state index >= 15 is 0 Å². The van der Waals surface area contributed by atoms with Gasteiger partial charge in [-0.05, 0) is 36.1 Å². The van der Waals surface area contributed by atoms with E-state index in [1.54, 1.807) is 11.9 Å². The van der Waals surface area contributed by atoms with Crippen LogP contribution in [0.4, 0.5) is 4.79 Å². The van der Waals surface area contributed by atoms with Gasteiger partial charge >= 0.3 is 6.09 Å². The molecule has 2 aromatic rings. The van der Waals surface area contributed by atoms with Crippen molar-refractivity contribution in [3.8, 4) is 5.75 Å². The summed E-state index contributed by atoms with van der Waals surface area (Å²) in [5, 5.41) is 0. The molecular formula is C21H23NO3. The number of benzene rings is 2. The number of carbonyl (C=O) groups is 1. The van der Waals surface area contributed by atoms with Crippen LogP contribution in [-0.4, -0.2) is 31.2 Å². The van der Waals surface area contributed by atoms with Crippen molar-refractivity contribution in [1.29, 1.82) is 0 Å². The van der Waals surface area contributed by atoms with Gasteiger partial charge in [0.2, 0.25) is 0 Å². The number of rotatable bonds is 4. The molecule has 4 nitrogen and oxygen atoms in total. The molecule has 0 atom stereocenters. The van der Waals surface area contributed by atoms with E-state index in [1.807, 2.05) is 37.3 Å². The van der Waals surface area contributed by atoms with Crippen LogP contribution >= 0.6 is 0 Å². The molecule has 0 unspecified atom stereocenters. The Morgan fingerprint density at radius 1 is 1.16 bits per heavy atom. The van der Waals surface area contributed by atoms with Crippen molar-refractivity contribution in [2.75, 3.05) is 20.2 Å². The molecule has 1 aliphatic heterocycles. The van der Waals surface area contributed by atoms with Crippen LogP contribution in [0.25, 0.3) is 5.57 Å². The molecule has 0 saturated heterocycles. The third kappa shape index (κ3) is 3.85. The van der Waals surface area contributed by atoms with Gasteiger partial charge < -0.3 is 14.4 Å². The van der Waals surface area contributed by atoms with Crippen LogP contribution in [0.1, 0.15) is 30.0 Å². The van der Waals surface area contributed by atoms with E-state index < -0.39 is 0 Å². The number of nitrogens with zero attached hydrogens (tertiary/aromatic N) is 1. The maximum Gasteiger partial charge on any atom is 0.409 e. The maximum absolute atomic E-state index is 11.7. The first-order chi connectivity index (χ1) is 12.2. The highest BCUT2D eigenvalue weighted by Crippen LogP contribution is 2.36. The van der Waals surface area contributed by atoms with E-state index in [-0.39, 0.29) is 6.09 Å². The van der Waals surface area contributed by atoms with Crippen LogP contribution in [0.3, 0.4) is 0 Å². The van der Waals surface area contributed by atoms with E-state index in [0.29, 0.717) is 19.8 Å². The summed E-state index contributed by atoms with van der Waals surface area (Å²) in [6.07, 6.45) is 2.64. The molecule has 4 heteroatoms. The zero-order valence-corrected chi connectivity index (χ0v) is 14.7. The Hall–Kier alpha value is -2.75. The standard InChI is InChI=1S/C21H23NO3/c1-3-24-21(23)22(2)14-8-12-18-17-10-5-4-9-16(17)15-25-20-13-7-6-11-19(18)20/h4-7,9-13H,3,8,14-15H2,1-2H3. The monoisotopic (exact) mass is 337 g/mol. The number of fused-ring (bicyclic) bond motifs is 2. The Bertz CT molecular complexity index is 733. The van der Waals surface area contributed by atoms with Crippen molar-refractivity contribution < 1.29 is 14.3 Å². The lowest BCUT2D eigenvalue weighted by Gasteiger charge is -2.16. The first-order valence-corrected chi connectivity index (χ1v) is 8.59. The van der Waals surface area contributed by atoms with Crippen molar-refractivity contribution >= 4 is 11.7 Å². The number of hydrogen-bond donors (Lipinski definition) is 0. The molecule has 0 spiro atoms. The van der Waals surface area contributed by atoms with Crippen molar-refractivity contribution in [2.24, 2.45) is 0 Å². The first kappa shape index (κ1) is 17.1. The van der Waals surface area contributed by atoms with Crippen LogP contribution in [0.2, 0.25) is 0 Å². The average molecular weight is 337 g/mol. The SMILES string of the molecule is CCOC(=O)N(C)CCC=C1c2ccccc2COc2ccccc21. The second-order valence-corrected chi connectivity index (χ2v) is 5.97. The minimum Gasteiger partial charge on any atom is -0.488 e. The second-order valence-electron chi connectivity index (χ2n) is 5.97. The molecule has 25 heavy (non-hydrogen) atoms. The molecule has 0 aliphatic carbocycles. The molecule has 0 radical (unpaired) electrons. The quantitative estimate of drug-likeness (QED) is 0.825. The van der Waals surface area contributed by atoms with Crippen LogP contribution in [0.5, 0.6) is 5.75 Å². The number of amides is 1. The predicted molar refractivity (Wildman–Crippen MR) is 98.6 cm³/mol. The highest BCUT2D eigenvalue weighted by atomic mass is 16.6. The summed E-state index contributed by atoms with van der Waals surface area (Å²) >= 11 is 0. The van der Waals surface area contributed by atoms with Gasteiger partial charge in [0, 0.05) is 19.2 Å². The molecule has 1 heterocycles. The van der Waals surface area contributed by atoms with Crippen LogP contribution in [0.15, 0.2) is 54.6 Å². The Morgan fingerprint density at radius 2 is 1.88 bits per heavy atom. The van der Waals surface area contributed by atoms with E-state index in [0.717, 1.165) is 23.3 Å². The summed E-state index contributed by atoms with van der Waals surface area (Å²) in [6.45, 7) is 3.37. The van der Waals surface area contributed by atoms with Gasteiger partial charge in [-0.15, -0.1) is 0 Å². The molecule has 0 fully saturated rings. The summed E-state index contributed by atoms with van der Waals surface area (Å²) in [7, 11) is 1.76. The highest BCUT2D eigenvalue weighted by molar-refractivity contribution is 5.84. The number of para-hydroxylation sites is 1. The van der Waals surface area contributed by atoms with Gasteiger partial charge in [0.1, 0.15) is 12.4 Å². The van der Waals surface area contributed by atoms with Gasteiger partial charge in [0.25, 0.3) is 0 Å². The molecule has 1 amide bonds. The molecular weight excluding hydrogens is 314 g/mol. The largest absolute Gasteiger partial charge is 0.488 e. The second kappa shape index (κ2) is 7.88. The van der Waals surface area contributed by atoms with Crippen LogP contribution in [0, 0.1) is 0 Å². The lowest BCUT2D eigenvalue weighted by molar-refractivity contribution is 0.117. The van der Waals surface area contributed by atoms with E-state index in [1.165, 1.54) is 11.1 Å². The van der Waals surface area contributed by atoms with Crippen LogP contribution in [-0.2, 0) is 11.3 Å². The molecule has 0 bridgehead atoms. The zero-order valence-electron chi connectivity index (χ0n) is 14.7. The summed E-state index contributed by atoms with van der Waals surface area (Å²) in [6, 6.07) is 16.4. The predicted octanol–water partition coefficient (Wildman–Crippen LogP) is 4.49. The highest BCUT2D eigenvalue weighted by Gasteiger charge is 2.18. The third-order valence-corrected chi connectivity index (χ3v) is 4.26. The van der Waals surface area contributed by atoms with Gasteiger partial charge in [0.05, 0.1) is 6.61 Å². The lowest BCUT2D eigenvalue weighted by Crippen LogP contribution is -2.28. The Morgan fingerprint density at radius 3 is 2.68 bits per heavy atom. The zero-order chi connectivity index (χ0) is 17.6. The maximum atomic E-state index is 11.7. The van der Waals surface area contributed by atoms with Crippen molar-refractivity contribution in [1.82, 2.24) is 4.90 Å². The molecule has 130 valence electrons. The third-order valence-electron chi connectivity index (χ3n) is 4.26. The Labute approximate surface area is 148 Å². The number of hydrogen-bond acceptors (Lipinski definition) is 3. The summed E-state index contributed by atoms with van der Waals surface area (Å²) < 4.78 is 11.0. The molecule has 0 saturated carbocycles. The first-order valence-electron chi connectivity index (χ1n) is 8.59. The van der Waals surface area contributed by atoms with E-state index in [9.17, 15) is 4.79 Å². The molecule has 2 aromatic carbocycles. The summed E-state index contributed by atoms with van der Waals surface area (Å²) in [5.74, 6) is 0.892. The number of ether oxygens (including phenoxy) is 2. The summed E-state index contributed by atoms with van der Waals surface area (Å²) in [5.41, 5.74) is 4.60. The lowest BCUT2D eigenvalue weighted by atomic mass is 9.93. The smallest absolute Gasteiger partial charge is 0.409 e. The normalized spacial score (nSPS) is 14.1. The fourth-order valence-electron chi connectivity index (χ4n) is 2.97. The van der Waals surface area contributed by atoms with Gasteiger partial charge in [-0.2, -0.15) is 0 Å². The molecule has 0 aromatic heterocycles. The van der Waals surface area contributed by atoms with Gasteiger partial charge in [-0.25, -0.2) is 4.79 Å². The van der Waals surface area contributed by atoms with Crippen molar-refractivity contribution in [2.45, 2.75) is 20.0 Å². The molecule has 1 aliphatic rings. The summed E-state index contributed by atoms with van der Waals surface area (Å²) in [4.78, 5) is 13.3. The van der Waals surface area contributed by atoms with Gasteiger partial charge in [-0.3, -0.25) is 0 Å². The number of carbonyl (C=O) groups excluding carboxylic acids is 1. The minimum absolute atomic E-state index is 0.286. The van der Waals surface area contributed by atoms with E-state index in [2.05, 4.69) is 24.3 Å². The minimum atomic E-state index is -0.286. The van der Waals surface area contributed by atoms with Crippen molar-refractivity contribution in [3.63, 3.8) is 0 Å².